The van der Waals surface area contributed by atoms with Crippen molar-refractivity contribution >= 4 is 22.4 Å². The molecule has 2 heterocycles. The van der Waals surface area contributed by atoms with Crippen LogP contribution in [0.1, 0.15) is 11.6 Å². The van der Waals surface area contributed by atoms with Gasteiger partial charge in [-0.25, -0.2) is 12.8 Å². The molecule has 0 amide bonds. The van der Waals surface area contributed by atoms with Gasteiger partial charge in [-0.15, -0.1) is 12.4 Å². The highest BCUT2D eigenvalue weighted by atomic mass is 35.5. The number of sulfonamides is 1. The Kier molecular flexibility index (Phi) is 5.41. The molecular weight excluding hydrogens is 343 g/mol. The van der Waals surface area contributed by atoms with Crippen LogP contribution in [0, 0.1) is 5.82 Å². The van der Waals surface area contributed by atoms with E-state index in [4.69, 9.17) is 0 Å². The average molecular weight is 361 g/mol. The molecule has 1 aromatic heterocycles. The number of hydrogen-bond donors (Lipinski definition) is 1. The highest BCUT2D eigenvalue weighted by Gasteiger charge is 2.36. The zero-order valence-electron chi connectivity index (χ0n) is 12.5. The number of benzene rings is 1. The third-order valence-electron chi connectivity index (χ3n) is 3.78. The van der Waals surface area contributed by atoms with Crippen molar-refractivity contribution in [1.82, 2.24) is 19.4 Å². The number of nitrogens with zero attached hydrogens (tertiary/aromatic N) is 3. The SMILES string of the molecule is Cl.Cn1nccc1S(=O)(=O)N1CCNCC1c1cccc(F)c1. The van der Waals surface area contributed by atoms with Crippen molar-refractivity contribution in [3.63, 3.8) is 0 Å². The molecule has 0 radical (unpaired) electrons. The summed E-state index contributed by atoms with van der Waals surface area (Å²) in [5.74, 6) is -0.374. The molecule has 1 saturated heterocycles. The fourth-order valence-corrected chi connectivity index (χ4v) is 4.42. The molecule has 1 atom stereocenters. The molecule has 3 rings (SSSR count). The lowest BCUT2D eigenvalue weighted by molar-refractivity contribution is 0.269. The number of hydrogen-bond acceptors (Lipinski definition) is 4. The molecule has 9 heteroatoms. The molecule has 6 nitrogen and oxygen atoms in total. The fourth-order valence-electron chi connectivity index (χ4n) is 2.71. The molecule has 1 aliphatic rings. The lowest BCUT2D eigenvalue weighted by atomic mass is 10.1. The second-order valence-electron chi connectivity index (χ2n) is 5.18. The second kappa shape index (κ2) is 6.96. The fraction of sp³-hybridized carbons (Fsp3) is 0.357. The summed E-state index contributed by atoms with van der Waals surface area (Å²) in [4.78, 5) is 0. The molecule has 1 N–H and O–H groups in total. The van der Waals surface area contributed by atoms with Crippen LogP contribution >= 0.6 is 12.4 Å². The summed E-state index contributed by atoms with van der Waals surface area (Å²) in [6, 6.07) is 7.09. The predicted octanol–water partition coefficient (Wildman–Crippen LogP) is 1.32. The minimum atomic E-state index is -3.69. The summed E-state index contributed by atoms with van der Waals surface area (Å²) in [6.45, 7) is 1.33. The van der Waals surface area contributed by atoms with Crippen LogP contribution in [0.4, 0.5) is 4.39 Å². The number of aromatic nitrogens is 2. The molecule has 2 aromatic rings. The first-order chi connectivity index (χ1) is 10.5. The van der Waals surface area contributed by atoms with Crippen LogP contribution in [0.5, 0.6) is 0 Å². The lowest BCUT2D eigenvalue weighted by Crippen LogP contribution is -2.48. The van der Waals surface area contributed by atoms with Gasteiger partial charge in [0.15, 0.2) is 5.03 Å². The minimum Gasteiger partial charge on any atom is -0.313 e. The Bertz CT molecular complexity index is 781. The van der Waals surface area contributed by atoms with Crippen molar-refractivity contribution in [2.75, 3.05) is 19.6 Å². The Morgan fingerprint density at radius 1 is 1.35 bits per heavy atom. The molecule has 1 aliphatic heterocycles. The topological polar surface area (TPSA) is 67.2 Å². The first-order valence-electron chi connectivity index (χ1n) is 6.96. The van der Waals surface area contributed by atoms with Gasteiger partial charge in [0, 0.05) is 26.7 Å². The number of piperazine rings is 1. The van der Waals surface area contributed by atoms with E-state index in [1.165, 1.54) is 33.4 Å². The number of rotatable bonds is 3. The van der Waals surface area contributed by atoms with Gasteiger partial charge in [-0.2, -0.15) is 9.40 Å². The zero-order valence-corrected chi connectivity index (χ0v) is 14.1. The van der Waals surface area contributed by atoms with E-state index in [2.05, 4.69) is 10.4 Å². The molecule has 126 valence electrons. The van der Waals surface area contributed by atoms with Crippen molar-refractivity contribution in [2.24, 2.45) is 7.05 Å². The molecule has 1 fully saturated rings. The van der Waals surface area contributed by atoms with Gasteiger partial charge in [-0.3, -0.25) is 4.68 Å². The smallest absolute Gasteiger partial charge is 0.260 e. The van der Waals surface area contributed by atoms with Gasteiger partial charge in [0.2, 0.25) is 0 Å². The summed E-state index contributed by atoms with van der Waals surface area (Å²) in [6.07, 6.45) is 1.45. The van der Waals surface area contributed by atoms with E-state index in [1.54, 1.807) is 19.2 Å². The van der Waals surface area contributed by atoms with E-state index in [9.17, 15) is 12.8 Å². The molecule has 0 saturated carbocycles. The maximum atomic E-state index is 13.5. The maximum Gasteiger partial charge on any atom is 0.260 e. The Morgan fingerprint density at radius 3 is 2.78 bits per heavy atom. The lowest BCUT2D eigenvalue weighted by Gasteiger charge is -2.35. The van der Waals surface area contributed by atoms with Gasteiger partial charge in [-0.05, 0) is 23.8 Å². The van der Waals surface area contributed by atoms with Crippen LogP contribution in [0.25, 0.3) is 0 Å². The summed E-state index contributed by atoms with van der Waals surface area (Å²) >= 11 is 0. The Morgan fingerprint density at radius 2 is 2.13 bits per heavy atom. The number of aryl methyl sites for hydroxylation is 1. The van der Waals surface area contributed by atoms with Crippen LogP contribution < -0.4 is 5.32 Å². The minimum absolute atomic E-state index is 0. The first-order valence-corrected chi connectivity index (χ1v) is 8.40. The molecule has 0 spiro atoms. The van der Waals surface area contributed by atoms with Gasteiger partial charge in [-0.1, -0.05) is 12.1 Å². The van der Waals surface area contributed by atoms with Crippen molar-refractivity contribution in [3.8, 4) is 0 Å². The van der Waals surface area contributed by atoms with Crippen LogP contribution in [-0.2, 0) is 17.1 Å². The van der Waals surface area contributed by atoms with Gasteiger partial charge in [0.1, 0.15) is 5.82 Å². The summed E-state index contributed by atoms with van der Waals surface area (Å²) < 4.78 is 42.0. The highest BCUT2D eigenvalue weighted by molar-refractivity contribution is 7.89. The van der Waals surface area contributed by atoms with Crippen LogP contribution in [-0.4, -0.2) is 42.1 Å². The van der Waals surface area contributed by atoms with Gasteiger partial charge < -0.3 is 5.32 Å². The normalized spacial score (nSPS) is 19.3. The van der Waals surface area contributed by atoms with E-state index < -0.39 is 16.1 Å². The third kappa shape index (κ3) is 3.40. The van der Waals surface area contributed by atoms with Gasteiger partial charge in [0.25, 0.3) is 10.0 Å². The Balaban J connectivity index is 0.00000192. The Hall–Kier alpha value is -1.48. The van der Waals surface area contributed by atoms with Crippen molar-refractivity contribution in [3.05, 3.63) is 47.9 Å². The summed E-state index contributed by atoms with van der Waals surface area (Å²) in [7, 11) is -2.10. The molecule has 1 unspecified atom stereocenters. The summed E-state index contributed by atoms with van der Waals surface area (Å²) in [5.41, 5.74) is 0.637. The van der Waals surface area contributed by atoms with Crippen LogP contribution in [0.2, 0.25) is 0 Å². The maximum absolute atomic E-state index is 13.5. The van der Waals surface area contributed by atoms with Crippen molar-refractivity contribution < 1.29 is 12.8 Å². The predicted molar refractivity (Wildman–Crippen MR) is 86.4 cm³/mol. The molecule has 0 bridgehead atoms. The number of halogens is 2. The van der Waals surface area contributed by atoms with Gasteiger partial charge >= 0.3 is 0 Å². The molecule has 0 aliphatic carbocycles. The molecule has 1 aromatic carbocycles. The largest absolute Gasteiger partial charge is 0.313 e. The van der Waals surface area contributed by atoms with Crippen molar-refractivity contribution in [1.29, 1.82) is 0 Å². The van der Waals surface area contributed by atoms with E-state index >= 15 is 0 Å². The standard InChI is InChI=1S/C14H17FN4O2S.ClH/c1-18-14(5-6-17-18)22(20,21)19-8-7-16-10-13(19)11-3-2-4-12(15)9-11;/h2-6,9,13,16H,7-8,10H2,1H3;1H. The van der Waals surface area contributed by atoms with E-state index in [0.29, 0.717) is 25.2 Å². The van der Waals surface area contributed by atoms with E-state index in [0.717, 1.165) is 0 Å². The average Bonchev–Trinajstić information content (AvgIpc) is 2.94. The monoisotopic (exact) mass is 360 g/mol. The molecular formula is C14H18ClFN4O2S. The van der Waals surface area contributed by atoms with Crippen LogP contribution in [0.15, 0.2) is 41.6 Å². The zero-order chi connectivity index (χ0) is 15.7. The Labute approximate surface area is 140 Å². The first kappa shape index (κ1) is 17.9. The second-order valence-corrected chi connectivity index (χ2v) is 7.02. The van der Waals surface area contributed by atoms with Gasteiger partial charge in [0.05, 0.1) is 12.2 Å². The van der Waals surface area contributed by atoms with E-state index in [-0.39, 0.29) is 23.3 Å². The van der Waals surface area contributed by atoms with Crippen molar-refractivity contribution in [2.45, 2.75) is 11.1 Å². The highest BCUT2D eigenvalue weighted by Crippen LogP contribution is 2.28. The van der Waals surface area contributed by atoms with Crippen LogP contribution in [0.3, 0.4) is 0 Å². The molecule has 23 heavy (non-hydrogen) atoms. The number of nitrogens with one attached hydrogen (secondary N) is 1. The third-order valence-corrected chi connectivity index (χ3v) is 5.76. The quantitative estimate of drug-likeness (QED) is 0.896. The summed E-state index contributed by atoms with van der Waals surface area (Å²) in [5, 5.41) is 7.22. The van der Waals surface area contributed by atoms with E-state index in [1.807, 2.05) is 0 Å².